The minimum atomic E-state index is -0.286. The van der Waals surface area contributed by atoms with Gasteiger partial charge in [0.15, 0.2) is 0 Å². The van der Waals surface area contributed by atoms with Crippen LogP contribution in [0.15, 0.2) is 30.3 Å². The van der Waals surface area contributed by atoms with Gasteiger partial charge >= 0.3 is 0 Å². The number of carbonyl (C=O) groups excluding carboxylic acids is 1. The second-order valence-electron chi connectivity index (χ2n) is 4.61. The lowest BCUT2D eigenvalue weighted by molar-refractivity contribution is -0.116. The molecule has 0 aliphatic heterocycles. The van der Waals surface area contributed by atoms with E-state index >= 15 is 0 Å². The third kappa shape index (κ3) is 6.37. The summed E-state index contributed by atoms with van der Waals surface area (Å²) in [5, 5.41) is 12.0. The summed E-state index contributed by atoms with van der Waals surface area (Å²) in [5.74, 6) is 0.0186. The number of carbonyl (C=O) groups is 1. The van der Waals surface area contributed by atoms with Gasteiger partial charge < -0.3 is 15.3 Å². The molecule has 0 aliphatic rings. The first-order chi connectivity index (χ1) is 8.58. The topological polar surface area (TPSA) is 52.6 Å². The van der Waals surface area contributed by atoms with Crippen molar-refractivity contribution < 1.29 is 9.90 Å². The van der Waals surface area contributed by atoms with Crippen molar-refractivity contribution in [1.29, 1.82) is 0 Å². The van der Waals surface area contributed by atoms with Crippen LogP contribution in [0.3, 0.4) is 0 Å². The number of aliphatic hydroxyl groups is 1. The summed E-state index contributed by atoms with van der Waals surface area (Å²) < 4.78 is 0. The second-order valence-corrected chi connectivity index (χ2v) is 4.61. The molecule has 0 spiro atoms. The van der Waals surface area contributed by atoms with Gasteiger partial charge in [0.1, 0.15) is 0 Å². The fraction of sp³-hybridized carbons (Fsp3) is 0.500. The van der Waals surface area contributed by atoms with Crippen LogP contribution >= 0.6 is 0 Å². The van der Waals surface area contributed by atoms with Crippen LogP contribution in [0.5, 0.6) is 0 Å². The molecule has 1 rings (SSSR count). The third-order valence-electron chi connectivity index (χ3n) is 2.71. The van der Waals surface area contributed by atoms with Crippen LogP contribution in [-0.4, -0.2) is 42.2 Å². The molecule has 18 heavy (non-hydrogen) atoms. The summed E-state index contributed by atoms with van der Waals surface area (Å²) in [5.41, 5.74) is 0.828. The quantitative estimate of drug-likeness (QED) is 0.774. The zero-order chi connectivity index (χ0) is 13.4. The average Bonchev–Trinajstić information content (AvgIpc) is 2.35. The van der Waals surface area contributed by atoms with Crippen molar-refractivity contribution in [3.8, 4) is 0 Å². The summed E-state index contributed by atoms with van der Waals surface area (Å²) >= 11 is 0. The molecule has 4 heteroatoms. The molecule has 0 saturated heterocycles. The number of nitrogens with one attached hydrogen (secondary N) is 1. The number of amides is 1. The first-order valence-corrected chi connectivity index (χ1v) is 6.29. The molecule has 1 aromatic carbocycles. The van der Waals surface area contributed by atoms with Crippen LogP contribution in [0.25, 0.3) is 0 Å². The van der Waals surface area contributed by atoms with E-state index in [-0.39, 0.29) is 12.0 Å². The van der Waals surface area contributed by atoms with Crippen molar-refractivity contribution in [2.75, 3.05) is 25.5 Å². The minimum absolute atomic E-state index is 0.0186. The van der Waals surface area contributed by atoms with Crippen LogP contribution in [-0.2, 0) is 4.79 Å². The Bertz CT molecular complexity index is 352. The largest absolute Gasteiger partial charge is 0.393 e. The number of hydrogen-bond donors (Lipinski definition) is 2. The van der Waals surface area contributed by atoms with Crippen molar-refractivity contribution in [3.05, 3.63) is 30.3 Å². The van der Waals surface area contributed by atoms with Crippen molar-refractivity contribution in [2.45, 2.75) is 25.9 Å². The Morgan fingerprint density at radius 1 is 1.33 bits per heavy atom. The second kappa shape index (κ2) is 7.84. The normalized spacial score (nSPS) is 12.4. The van der Waals surface area contributed by atoms with E-state index in [1.165, 1.54) is 0 Å². The number of nitrogens with zero attached hydrogens (tertiary/aromatic N) is 1. The van der Waals surface area contributed by atoms with Crippen LogP contribution in [0.4, 0.5) is 5.69 Å². The highest BCUT2D eigenvalue weighted by Crippen LogP contribution is 2.05. The Balaban J connectivity index is 2.21. The molecule has 1 atom stereocenters. The molecule has 0 aromatic heterocycles. The number of para-hydroxylation sites is 1. The molecule has 0 radical (unpaired) electrons. The maximum absolute atomic E-state index is 11.7. The van der Waals surface area contributed by atoms with Crippen LogP contribution in [0, 0.1) is 0 Å². The third-order valence-corrected chi connectivity index (χ3v) is 2.71. The molecule has 4 nitrogen and oxygen atoms in total. The van der Waals surface area contributed by atoms with Gasteiger partial charge in [0.2, 0.25) is 5.91 Å². The van der Waals surface area contributed by atoms with Crippen molar-refractivity contribution in [3.63, 3.8) is 0 Å². The SMILES string of the molecule is CC(O)CCN(C)CCC(=O)Nc1ccccc1. The van der Waals surface area contributed by atoms with Gasteiger partial charge in [0, 0.05) is 25.2 Å². The first kappa shape index (κ1) is 14.7. The van der Waals surface area contributed by atoms with Gasteiger partial charge in [-0.1, -0.05) is 18.2 Å². The Morgan fingerprint density at radius 3 is 2.61 bits per heavy atom. The zero-order valence-corrected chi connectivity index (χ0v) is 11.1. The highest BCUT2D eigenvalue weighted by molar-refractivity contribution is 5.90. The van der Waals surface area contributed by atoms with Gasteiger partial charge in [-0.05, 0) is 32.5 Å². The summed E-state index contributed by atoms with van der Waals surface area (Å²) in [4.78, 5) is 13.7. The standard InChI is InChI=1S/C14H22N2O2/c1-12(17)8-10-16(2)11-9-14(18)15-13-6-4-3-5-7-13/h3-7,12,17H,8-11H2,1-2H3,(H,15,18). The molecule has 0 heterocycles. The van der Waals surface area contributed by atoms with E-state index in [1.54, 1.807) is 6.92 Å². The highest BCUT2D eigenvalue weighted by Gasteiger charge is 2.06. The monoisotopic (exact) mass is 250 g/mol. The van der Waals surface area contributed by atoms with Gasteiger partial charge in [-0.3, -0.25) is 4.79 Å². The number of anilines is 1. The van der Waals surface area contributed by atoms with Crippen molar-refractivity contribution >= 4 is 11.6 Å². The number of rotatable bonds is 7. The summed E-state index contributed by atoms with van der Waals surface area (Å²) in [7, 11) is 1.96. The van der Waals surface area contributed by atoms with E-state index in [9.17, 15) is 4.79 Å². The van der Waals surface area contributed by atoms with Crippen LogP contribution in [0.1, 0.15) is 19.8 Å². The lowest BCUT2D eigenvalue weighted by atomic mass is 10.2. The number of benzene rings is 1. The van der Waals surface area contributed by atoms with Gasteiger partial charge in [-0.15, -0.1) is 0 Å². The molecule has 100 valence electrons. The minimum Gasteiger partial charge on any atom is -0.393 e. The van der Waals surface area contributed by atoms with Gasteiger partial charge in [0.05, 0.1) is 6.10 Å². The van der Waals surface area contributed by atoms with Crippen LogP contribution < -0.4 is 5.32 Å². The Morgan fingerprint density at radius 2 is 2.00 bits per heavy atom. The molecule has 0 fully saturated rings. The Labute approximate surface area is 109 Å². The number of hydrogen-bond acceptors (Lipinski definition) is 3. The predicted molar refractivity (Wildman–Crippen MR) is 73.5 cm³/mol. The fourth-order valence-corrected chi connectivity index (χ4v) is 1.56. The first-order valence-electron chi connectivity index (χ1n) is 6.29. The molecule has 1 unspecified atom stereocenters. The van der Waals surface area contributed by atoms with Crippen molar-refractivity contribution in [2.24, 2.45) is 0 Å². The Kier molecular flexibility index (Phi) is 6.39. The van der Waals surface area contributed by atoms with Gasteiger partial charge in [-0.2, -0.15) is 0 Å². The maximum Gasteiger partial charge on any atom is 0.225 e. The van der Waals surface area contributed by atoms with Crippen LogP contribution in [0.2, 0.25) is 0 Å². The van der Waals surface area contributed by atoms with E-state index in [0.717, 1.165) is 18.7 Å². The van der Waals surface area contributed by atoms with Gasteiger partial charge in [-0.25, -0.2) is 0 Å². The van der Waals surface area contributed by atoms with E-state index < -0.39 is 0 Å². The zero-order valence-electron chi connectivity index (χ0n) is 11.1. The van der Waals surface area contributed by atoms with E-state index in [2.05, 4.69) is 10.2 Å². The Hall–Kier alpha value is -1.39. The number of aliphatic hydroxyl groups excluding tert-OH is 1. The highest BCUT2D eigenvalue weighted by atomic mass is 16.3. The summed E-state index contributed by atoms with van der Waals surface area (Å²) in [6.07, 6.45) is 0.910. The summed E-state index contributed by atoms with van der Waals surface area (Å²) in [6, 6.07) is 9.44. The molecule has 1 amide bonds. The van der Waals surface area contributed by atoms with E-state index in [1.807, 2.05) is 37.4 Å². The molecule has 0 aliphatic carbocycles. The molecular formula is C14H22N2O2. The molecular weight excluding hydrogens is 228 g/mol. The smallest absolute Gasteiger partial charge is 0.225 e. The lowest BCUT2D eigenvalue weighted by Crippen LogP contribution is -2.26. The fourth-order valence-electron chi connectivity index (χ4n) is 1.56. The molecule has 0 bridgehead atoms. The molecule has 0 saturated carbocycles. The van der Waals surface area contributed by atoms with E-state index in [0.29, 0.717) is 13.0 Å². The predicted octanol–water partition coefficient (Wildman–Crippen LogP) is 1.72. The van der Waals surface area contributed by atoms with E-state index in [4.69, 9.17) is 5.11 Å². The lowest BCUT2D eigenvalue weighted by Gasteiger charge is -2.17. The van der Waals surface area contributed by atoms with Gasteiger partial charge in [0.25, 0.3) is 0 Å². The van der Waals surface area contributed by atoms with Crippen molar-refractivity contribution in [1.82, 2.24) is 4.90 Å². The maximum atomic E-state index is 11.7. The molecule has 2 N–H and O–H groups in total. The average molecular weight is 250 g/mol. The summed E-state index contributed by atoms with van der Waals surface area (Å²) in [6.45, 7) is 3.28. The molecule has 1 aromatic rings.